The minimum absolute atomic E-state index is 0.110. The predicted molar refractivity (Wildman–Crippen MR) is 85.0 cm³/mol. The summed E-state index contributed by atoms with van der Waals surface area (Å²) in [7, 11) is 0. The normalized spacial score (nSPS) is 31.0. The Morgan fingerprint density at radius 3 is 3.00 bits per heavy atom. The SMILES string of the molecule is C[C@@H]1C[C@H]1C(=O)N1CC2(C1)OCC[C@H]2CCOc1ccccn1. The summed E-state index contributed by atoms with van der Waals surface area (Å²) in [5.41, 5.74) is -0.110. The number of pyridine rings is 1. The van der Waals surface area contributed by atoms with E-state index in [9.17, 15) is 4.79 Å². The van der Waals surface area contributed by atoms with Crippen molar-refractivity contribution in [2.24, 2.45) is 17.8 Å². The standard InChI is InChI=1S/C18H24N2O3/c1-13-10-15(13)17(21)20-11-18(12-20)14(6-9-23-18)5-8-22-16-4-2-3-7-19-16/h2-4,7,13-15H,5-6,8-12H2,1H3/t13-,14-,15-/m1/s1. The lowest BCUT2D eigenvalue weighted by Crippen LogP contribution is -2.66. The first-order valence-electron chi connectivity index (χ1n) is 8.64. The van der Waals surface area contributed by atoms with Crippen LogP contribution in [0.25, 0.3) is 0 Å². The van der Waals surface area contributed by atoms with E-state index in [-0.39, 0.29) is 11.5 Å². The van der Waals surface area contributed by atoms with Crippen LogP contribution in [0.4, 0.5) is 0 Å². The van der Waals surface area contributed by atoms with Gasteiger partial charge >= 0.3 is 0 Å². The molecule has 4 rings (SSSR count). The third-order valence-electron chi connectivity index (χ3n) is 5.61. The van der Waals surface area contributed by atoms with Crippen molar-refractivity contribution in [2.75, 3.05) is 26.3 Å². The molecule has 1 aromatic rings. The average Bonchev–Trinajstić information content (AvgIpc) is 3.10. The number of ether oxygens (including phenoxy) is 2. The molecule has 0 radical (unpaired) electrons. The molecule has 5 heteroatoms. The van der Waals surface area contributed by atoms with Crippen LogP contribution in [-0.2, 0) is 9.53 Å². The Morgan fingerprint density at radius 1 is 1.48 bits per heavy atom. The monoisotopic (exact) mass is 316 g/mol. The summed E-state index contributed by atoms with van der Waals surface area (Å²) in [5.74, 6) is 2.34. The maximum atomic E-state index is 12.3. The van der Waals surface area contributed by atoms with Crippen molar-refractivity contribution in [3.05, 3.63) is 24.4 Å². The highest BCUT2D eigenvalue weighted by Gasteiger charge is 2.56. The molecule has 3 atom stereocenters. The highest BCUT2D eigenvalue weighted by atomic mass is 16.5. The van der Waals surface area contributed by atoms with E-state index in [4.69, 9.17) is 9.47 Å². The van der Waals surface area contributed by atoms with Crippen molar-refractivity contribution < 1.29 is 14.3 Å². The summed E-state index contributed by atoms with van der Waals surface area (Å²) < 4.78 is 11.8. The molecule has 0 unspecified atom stereocenters. The van der Waals surface area contributed by atoms with Gasteiger partial charge in [-0.2, -0.15) is 0 Å². The second-order valence-electron chi connectivity index (χ2n) is 7.22. The molecule has 1 aromatic heterocycles. The number of aromatic nitrogens is 1. The van der Waals surface area contributed by atoms with Crippen LogP contribution in [0.5, 0.6) is 5.88 Å². The van der Waals surface area contributed by atoms with E-state index in [1.807, 2.05) is 23.1 Å². The summed E-state index contributed by atoms with van der Waals surface area (Å²) in [6.07, 6.45) is 4.82. The van der Waals surface area contributed by atoms with Gasteiger partial charge in [0.25, 0.3) is 0 Å². The van der Waals surface area contributed by atoms with Crippen LogP contribution in [0.2, 0.25) is 0 Å². The summed E-state index contributed by atoms with van der Waals surface area (Å²) in [6.45, 7) is 5.14. The average molecular weight is 316 g/mol. The van der Waals surface area contributed by atoms with E-state index in [1.165, 1.54) is 0 Å². The van der Waals surface area contributed by atoms with E-state index < -0.39 is 0 Å². The second-order valence-corrected chi connectivity index (χ2v) is 7.22. The van der Waals surface area contributed by atoms with E-state index in [0.29, 0.717) is 30.2 Å². The Balaban J connectivity index is 1.27. The first-order valence-corrected chi connectivity index (χ1v) is 8.64. The topological polar surface area (TPSA) is 51.7 Å². The van der Waals surface area contributed by atoms with Gasteiger partial charge in [0.15, 0.2) is 0 Å². The van der Waals surface area contributed by atoms with Crippen molar-refractivity contribution in [3.8, 4) is 5.88 Å². The lowest BCUT2D eigenvalue weighted by atomic mass is 9.79. The van der Waals surface area contributed by atoms with E-state index in [1.54, 1.807) is 6.20 Å². The molecule has 5 nitrogen and oxygen atoms in total. The zero-order valence-electron chi connectivity index (χ0n) is 13.6. The highest BCUT2D eigenvalue weighted by molar-refractivity contribution is 5.82. The molecule has 1 spiro atoms. The number of carbonyl (C=O) groups is 1. The van der Waals surface area contributed by atoms with Gasteiger partial charge in [-0.25, -0.2) is 4.98 Å². The maximum absolute atomic E-state index is 12.3. The summed E-state index contributed by atoms with van der Waals surface area (Å²) in [4.78, 5) is 18.4. The molecule has 3 heterocycles. The number of carbonyl (C=O) groups excluding carboxylic acids is 1. The van der Waals surface area contributed by atoms with Crippen molar-refractivity contribution >= 4 is 5.91 Å². The largest absolute Gasteiger partial charge is 0.478 e. The molecule has 3 fully saturated rings. The van der Waals surface area contributed by atoms with Gasteiger partial charge < -0.3 is 14.4 Å². The van der Waals surface area contributed by atoms with Gasteiger partial charge in [0.05, 0.1) is 19.7 Å². The Labute approximate surface area is 137 Å². The molecule has 0 bridgehead atoms. The van der Waals surface area contributed by atoms with Gasteiger partial charge in [-0.05, 0) is 37.2 Å². The molecule has 3 aliphatic rings. The summed E-state index contributed by atoms with van der Waals surface area (Å²) >= 11 is 0. The van der Waals surface area contributed by atoms with Crippen LogP contribution < -0.4 is 4.74 Å². The fraction of sp³-hybridized carbons (Fsp3) is 0.667. The minimum Gasteiger partial charge on any atom is -0.478 e. The molecule has 1 aliphatic carbocycles. The minimum atomic E-state index is -0.110. The molecule has 0 N–H and O–H groups in total. The van der Waals surface area contributed by atoms with Crippen LogP contribution in [0.1, 0.15) is 26.2 Å². The van der Waals surface area contributed by atoms with Gasteiger partial charge in [-0.3, -0.25) is 4.79 Å². The molecule has 2 aliphatic heterocycles. The van der Waals surface area contributed by atoms with Gasteiger partial charge in [-0.15, -0.1) is 0 Å². The van der Waals surface area contributed by atoms with Crippen LogP contribution >= 0.6 is 0 Å². The number of hydrogen-bond acceptors (Lipinski definition) is 4. The maximum Gasteiger partial charge on any atom is 0.226 e. The number of amides is 1. The molecule has 1 saturated carbocycles. The van der Waals surface area contributed by atoms with Crippen molar-refractivity contribution in [2.45, 2.75) is 31.8 Å². The van der Waals surface area contributed by atoms with Crippen molar-refractivity contribution in [1.29, 1.82) is 0 Å². The smallest absolute Gasteiger partial charge is 0.226 e. The second kappa shape index (κ2) is 5.78. The highest BCUT2D eigenvalue weighted by Crippen LogP contribution is 2.45. The molecule has 23 heavy (non-hydrogen) atoms. The molecule has 2 saturated heterocycles. The third kappa shape index (κ3) is 2.82. The number of nitrogens with zero attached hydrogens (tertiary/aromatic N) is 2. The summed E-state index contributed by atoms with van der Waals surface area (Å²) in [5, 5.41) is 0. The van der Waals surface area contributed by atoms with Gasteiger partial charge in [0, 0.05) is 24.8 Å². The fourth-order valence-corrected chi connectivity index (χ4v) is 3.94. The first kappa shape index (κ1) is 14.9. The van der Waals surface area contributed by atoms with Gasteiger partial charge in [-0.1, -0.05) is 13.0 Å². The zero-order valence-corrected chi connectivity index (χ0v) is 13.6. The predicted octanol–water partition coefficient (Wildman–Crippen LogP) is 2.12. The van der Waals surface area contributed by atoms with Crippen molar-refractivity contribution in [1.82, 2.24) is 9.88 Å². The van der Waals surface area contributed by atoms with E-state index in [0.717, 1.165) is 39.0 Å². The lowest BCUT2D eigenvalue weighted by Gasteiger charge is -2.50. The van der Waals surface area contributed by atoms with Crippen LogP contribution in [-0.4, -0.2) is 47.7 Å². The first-order chi connectivity index (χ1) is 11.2. The number of hydrogen-bond donors (Lipinski definition) is 0. The Bertz CT molecular complexity index is 571. The Morgan fingerprint density at radius 2 is 2.30 bits per heavy atom. The number of likely N-dealkylation sites (tertiary alicyclic amines) is 1. The van der Waals surface area contributed by atoms with Gasteiger partial charge in [0.1, 0.15) is 5.60 Å². The Hall–Kier alpha value is -1.62. The van der Waals surface area contributed by atoms with Crippen LogP contribution in [0.15, 0.2) is 24.4 Å². The lowest BCUT2D eigenvalue weighted by molar-refractivity contribution is -0.167. The van der Waals surface area contributed by atoms with E-state index >= 15 is 0 Å². The van der Waals surface area contributed by atoms with Crippen molar-refractivity contribution in [3.63, 3.8) is 0 Å². The van der Waals surface area contributed by atoms with Crippen LogP contribution in [0, 0.1) is 17.8 Å². The van der Waals surface area contributed by atoms with Gasteiger partial charge in [0.2, 0.25) is 11.8 Å². The third-order valence-corrected chi connectivity index (χ3v) is 5.61. The molecule has 124 valence electrons. The van der Waals surface area contributed by atoms with Crippen LogP contribution in [0.3, 0.4) is 0 Å². The zero-order chi connectivity index (χ0) is 15.9. The quantitative estimate of drug-likeness (QED) is 0.835. The molecule has 0 aromatic carbocycles. The Kier molecular flexibility index (Phi) is 3.76. The molecule has 1 amide bonds. The molecular formula is C18H24N2O3. The fourth-order valence-electron chi connectivity index (χ4n) is 3.94. The molecular weight excluding hydrogens is 292 g/mol. The number of rotatable bonds is 5. The summed E-state index contributed by atoms with van der Waals surface area (Å²) in [6, 6.07) is 5.69. The van der Waals surface area contributed by atoms with E-state index in [2.05, 4.69) is 11.9 Å².